The summed E-state index contributed by atoms with van der Waals surface area (Å²) in [5, 5.41) is 4.04. The van der Waals surface area contributed by atoms with Crippen LogP contribution in [0.3, 0.4) is 0 Å². The van der Waals surface area contributed by atoms with Crippen LogP contribution in [0.1, 0.15) is 32.6 Å². The van der Waals surface area contributed by atoms with E-state index in [4.69, 9.17) is 9.47 Å². The molecule has 8 nitrogen and oxygen atoms in total. The fourth-order valence-corrected chi connectivity index (χ4v) is 4.51. The first-order valence-electron chi connectivity index (χ1n) is 11.1. The van der Waals surface area contributed by atoms with E-state index in [1.54, 1.807) is 30.3 Å². The second-order valence-corrected chi connectivity index (χ2v) is 10.2. The van der Waals surface area contributed by atoms with Crippen LogP contribution in [0.5, 0.6) is 11.5 Å². The van der Waals surface area contributed by atoms with E-state index in [1.807, 2.05) is 44.2 Å². The third-order valence-corrected chi connectivity index (χ3v) is 6.83. The molecule has 35 heavy (non-hydrogen) atoms. The highest BCUT2D eigenvalue weighted by molar-refractivity contribution is 7.92. The number of benzene rings is 3. The fraction of sp³-hybridized carbons (Fsp3) is 0.231. The Bertz CT molecular complexity index is 1370. The Morgan fingerprint density at radius 1 is 1.03 bits per heavy atom. The monoisotopic (exact) mass is 493 g/mol. The smallest absolute Gasteiger partial charge is 0.271 e. The normalized spacial score (nSPS) is 13.0. The molecule has 1 amide bonds. The molecule has 4 rings (SSSR count). The molecule has 9 heteroatoms. The van der Waals surface area contributed by atoms with Gasteiger partial charge in [-0.15, -0.1) is 0 Å². The van der Waals surface area contributed by atoms with Crippen molar-refractivity contribution in [3.63, 3.8) is 0 Å². The minimum absolute atomic E-state index is 0.155. The molecule has 182 valence electrons. The van der Waals surface area contributed by atoms with Gasteiger partial charge in [0.05, 0.1) is 24.7 Å². The zero-order chi connectivity index (χ0) is 25.0. The molecule has 1 N–H and O–H groups in total. The predicted octanol–water partition coefficient (Wildman–Crippen LogP) is 3.80. The SMILES string of the molecule is Cc1ccc(N(Cc2ccc(C(=O)N/N=C\c3cccc4c3OCCO4)cc2)S(C)(=O)=O)cc1C. The van der Waals surface area contributed by atoms with Crippen molar-refractivity contribution < 1.29 is 22.7 Å². The number of nitrogens with one attached hydrogen (secondary N) is 1. The molecule has 3 aromatic rings. The Balaban J connectivity index is 1.44. The molecule has 0 bridgehead atoms. The van der Waals surface area contributed by atoms with Crippen molar-refractivity contribution in [3.8, 4) is 11.5 Å². The number of nitrogens with zero attached hydrogens (tertiary/aromatic N) is 2. The molecule has 1 aliphatic rings. The van der Waals surface area contributed by atoms with Gasteiger partial charge < -0.3 is 9.47 Å². The fourth-order valence-electron chi connectivity index (χ4n) is 3.63. The van der Waals surface area contributed by atoms with Crippen LogP contribution in [0.2, 0.25) is 0 Å². The molecule has 0 spiro atoms. The first kappa shape index (κ1) is 24.3. The maximum absolute atomic E-state index is 12.5. The summed E-state index contributed by atoms with van der Waals surface area (Å²) in [7, 11) is -3.50. The molecular weight excluding hydrogens is 466 g/mol. The van der Waals surface area contributed by atoms with Crippen LogP contribution < -0.4 is 19.2 Å². The first-order chi connectivity index (χ1) is 16.7. The van der Waals surface area contributed by atoms with Crippen LogP contribution in [-0.2, 0) is 16.6 Å². The zero-order valence-electron chi connectivity index (χ0n) is 19.8. The minimum Gasteiger partial charge on any atom is -0.486 e. The van der Waals surface area contributed by atoms with Gasteiger partial charge in [-0.05, 0) is 66.9 Å². The van der Waals surface area contributed by atoms with Crippen LogP contribution in [0, 0.1) is 13.8 Å². The Hall–Kier alpha value is -3.85. The number of amides is 1. The lowest BCUT2D eigenvalue weighted by Crippen LogP contribution is -2.29. The number of anilines is 1. The number of sulfonamides is 1. The number of hydrazone groups is 1. The number of hydrogen-bond donors (Lipinski definition) is 1. The van der Waals surface area contributed by atoms with E-state index in [2.05, 4.69) is 10.5 Å². The number of hydrogen-bond acceptors (Lipinski definition) is 6. The number of carbonyl (C=O) groups is 1. The highest BCUT2D eigenvalue weighted by Gasteiger charge is 2.19. The number of ether oxygens (including phenoxy) is 2. The van der Waals surface area contributed by atoms with Crippen molar-refractivity contribution in [1.29, 1.82) is 0 Å². The lowest BCUT2D eigenvalue weighted by atomic mass is 10.1. The van der Waals surface area contributed by atoms with Gasteiger partial charge >= 0.3 is 0 Å². The Labute approximate surface area is 205 Å². The summed E-state index contributed by atoms with van der Waals surface area (Å²) in [4.78, 5) is 12.5. The van der Waals surface area contributed by atoms with Gasteiger partial charge in [0.1, 0.15) is 13.2 Å². The Morgan fingerprint density at radius 2 is 1.77 bits per heavy atom. The highest BCUT2D eigenvalue weighted by atomic mass is 32.2. The van der Waals surface area contributed by atoms with E-state index >= 15 is 0 Å². The molecule has 0 unspecified atom stereocenters. The van der Waals surface area contributed by atoms with Gasteiger partial charge in [-0.1, -0.05) is 24.3 Å². The van der Waals surface area contributed by atoms with E-state index in [0.29, 0.717) is 41.5 Å². The molecule has 3 aromatic carbocycles. The van der Waals surface area contributed by atoms with Gasteiger partial charge in [0.25, 0.3) is 5.91 Å². The van der Waals surface area contributed by atoms with E-state index in [1.165, 1.54) is 16.8 Å². The van der Waals surface area contributed by atoms with Crippen LogP contribution in [-0.4, -0.2) is 40.0 Å². The van der Waals surface area contributed by atoms with E-state index < -0.39 is 10.0 Å². The van der Waals surface area contributed by atoms with E-state index in [9.17, 15) is 13.2 Å². The molecular formula is C26H27N3O5S. The summed E-state index contributed by atoms with van der Waals surface area (Å²) in [6.07, 6.45) is 2.69. The average Bonchev–Trinajstić information content (AvgIpc) is 2.84. The summed E-state index contributed by atoms with van der Waals surface area (Å²) < 4.78 is 37.5. The van der Waals surface area contributed by atoms with Crippen LogP contribution in [0.4, 0.5) is 5.69 Å². The topological polar surface area (TPSA) is 97.3 Å². The Morgan fingerprint density at radius 3 is 2.49 bits per heavy atom. The summed E-state index contributed by atoms with van der Waals surface area (Å²) in [6.45, 7) is 5.03. The molecule has 0 saturated heterocycles. The van der Waals surface area contributed by atoms with Crippen molar-refractivity contribution in [2.75, 3.05) is 23.8 Å². The average molecular weight is 494 g/mol. The molecule has 0 atom stereocenters. The van der Waals surface area contributed by atoms with Gasteiger partial charge in [-0.25, -0.2) is 13.8 Å². The molecule has 1 heterocycles. The van der Waals surface area contributed by atoms with E-state index in [-0.39, 0.29) is 12.5 Å². The quantitative estimate of drug-likeness (QED) is 0.399. The maximum Gasteiger partial charge on any atom is 0.271 e. The number of para-hydroxylation sites is 1. The van der Waals surface area contributed by atoms with E-state index in [0.717, 1.165) is 16.7 Å². The molecule has 0 fully saturated rings. The molecule has 1 aliphatic heterocycles. The third-order valence-electron chi connectivity index (χ3n) is 5.69. The molecule has 0 saturated carbocycles. The maximum atomic E-state index is 12.5. The van der Waals surface area contributed by atoms with Gasteiger partial charge in [0.2, 0.25) is 10.0 Å². The van der Waals surface area contributed by atoms with Crippen molar-refractivity contribution in [3.05, 3.63) is 88.5 Å². The summed E-state index contributed by atoms with van der Waals surface area (Å²) >= 11 is 0. The largest absolute Gasteiger partial charge is 0.486 e. The zero-order valence-corrected chi connectivity index (χ0v) is 20.6. The highest BCUT2D eigenvalue weighted by Crippen LogP contribution is 2.32. The molecule has 0 aliphatic carbocycles. The summed E-state index contributed by atoms with van der Waals surface area (Å²) in [5.74, 6) is 0.857. The third kappa shape index (κ3) is 5.81. The first-order valence-corrected chi connectivity index (χ1v) is 12.9. The number of fused-ring (bicyclic) bond motifs is 1. The minimum atomic E-state index is -3.50. The second-order valence-electron chi connectivity index (χ2n) is 8.31. The summed E-state index contributed by atoms with van der Waals surface area (Å²) in [6, 6.07) is 17.8. The van der Waals surface area contributed by atoms with Gasteiger partial charge in [-0.3, -0.25) is 9.10 Å². The van der Waals surface area contributed by atoms with Crippen molar-refractivity contribution >= 4 is 27.8 Å². The van der Waals surface area contributed by atoms with Crippen molar-refractivity contribution in [2.24, 2.45) is 5.10 Å². The standard InChI is InChI=1S/C26H27N3O5S/c1-18-7-12-23(15-19(18)2)29(35(3,31)32)17-20-8-10-21(11-9-20)26(30)28-27-16-22-5-4-6-24-25(22)34-14-13-33-24/h4-12,15-16H,13-14,17H2,1-3H3,(H,28,30)/b27-16-. The number of rotatable bonds is 7. The van der Waals surface area contributed by atoms with Crippen LogP contribution >= 0.6 is 0 Å². The lowest BCUT2D eigenvalue weighted by molar-refractivity contribution is 0.0955. The molecule has 0 radical (unpaired) electrons. The predicted molar refractivity (Wildman–Crippen MR) is 136 cm³/mol. The number of aryl methyl sites for hydroxylation is 2. The molecule has 0 aromatic heterocycles. The number of carbonyl (C=O) groups excluding carboxylic acids is 1. The Kier molecular flexibility index (Phi) is 7.07. The lowest BCUT2D eigenvalue weighted by Gasteiger charge is -2.23. The van der Waals surface area contributed by atoms with Crippen LogP contribution in [0.15, 0.2) is 65.8 Å². The van der Waals surface area contributed by atoms with Crippen LogP contribution in [0.25, 0.3) is 0 Å². The van der Waals surface area contributed by atoms with Crippen molar-refractivity contribution in [1.82, 2.24) is 5.43 Å². The summed E-state index contributed by atoms with van der Waals surface area (Å²) in [5.41, 5.74) is 7.06. The van der Waals surface area contributed by atoms with Gasteiger partial charge in [0.15, 0.2) is 11.5 Å². The second kappa shape index (κ2) is 10.2. The van der Waals surface area contributed by atoms with Gasteiger partial charge in [-0.2, -0.15) is 5.10 Å². The van der Waals surface area contributed by atoms with Gasteiger partial charge in [0, 0.05) is 11.1 Å². The van der Waals surface area contributed by atoms with Crippen molar-refractivity contribution in [2.45, 2.75) is 20.4 Å².